The monoisotopic (exact) mass is 130 g/mol. The molecule has 0 aliphatic heterocycles. The van der Waals surface area contributed by atoms with Crippen molar-refractivity contribution in [2.24, 2.45) is 7.05 Å². The van der Waals surface area contributed by atoms with Crippen molar-refractivity contribution >= 4 is 0 Å². The first-order valence-electron chi connectivity index (χ1n) is 2.79. The molecule has 1 rings (SSSR count). The van der Waals surface area contributed by atoms with Crippen molar-refractivity contribution in [1.29, 1.82) is 0 Å². The Morgan fingerprint density at radius 2 is 2.50 bits per heavy atom. The van der Waals surface area contributed by atoms with Crippen LogP contribution in [0.4, 0.5) is 0 Å². The van der Waals surface area contributed by atoms with E-state index in [0.29, 0.717) is 5.69 Å². The molecule has 10 heavy (non-hydrogen) atoms. The van der Waals surface area contributed by atoms with E-state index in [1.165, 1.54) is 0 Å². The van der Waals surface area contributed by atoms with Crippen molar-refractivity contribution in [2.75, 3.05) is 0 Å². The van der Waals surface area contributed by atoms with Gasteiger partial charge in [0.1, 0.15) is 5.69 Å². The van der Waals surface area contributed by atoms with Crippen LogP contribution in [0.2, 0.25) is 0 Å². The molecule has 0 saturated heterocycles. The summed E-state index contributed by atoms with van der Waals surface area (Å²) >= 11 is 0. The predicted molar refractivity (Wildman–Crippen MR) is 38.9 cm³/mol. The molecule has 0 aromatic carbocycles. The highest BCUT2D eigenvalue weighted by molar-refractivity contribution is 5.33. The molecule has 0 fully saturated rings. The lowest BCUT2D eigenvalue weighted by Crippen LogP contribution is -1.86. The summed E-state index contributed by atoms with van der Waals surface area (Å²) in [4.78, 5) is 0. The topological polar surface area (TPSA) is 17.8 Å². The summed E-state index contributed by atoms with van der Waals surface area (Å²) in [5.41, 5.74) is 0.709. The Bertz CT molecular complexity index is 317. The average molecular weight is 130 g/mol. The van der Waals surface area contributed by atoms with Gasteiger partial charge < -0.3 is 0 Å². The molecule has 0 bridgehead atoms. The van der Waals surface area contributed by atoms with E-state index in [-0.39, 0.29) is 0 Å². The number of aryl methyl sites for hydroxylation is 1. The second-order valence-corrected chi connectivity index (χ2v) is 1.77. The summed E-state index contributed by atoms with van der Waals surface area (Å²) < 4.78 is 1.68. The second kappa shape index (κ2) is 2.75. The second-order valence-electron chi connectivity index (χ2n) is 1.77. The lowest BCUT2D eigenvalue weighted by molar-refractivity contribution is 0.764. The molecule has 0 N–H and O–H groups in total. The van der Waals surface area contributed by atoms with E-state index in [2.05, 4.69) is 22.9 Å². The van der Waals surface area contributed by atoms with Crippen molar-refractivity contribution in [1.82, 2.24) is 9.78 Å². The molecule has 0 amide bonds. The Morgan fingerprint density at radius 1 is 1.70 bits per heavy atom. The highest BCUT2D eigenvalue weighted by atomic mass is 15.2. The van der Waals surface area contributed by atoms with Crippen LogP contribution in [0.1, 0.15) is 5.69 Å². The molecule has 1 heterocycles. The van der Waals surface area contributed by atoms with E-state index < -0.39 is 0 Å². The van der Waals surface area contributed by atoms with Crippen molar-refractivity contribution in [3.8, 4) is 24.2 Å². The van der Waals surface area contributed by atoms with Gasteiger partial charge in [-0.1, -0.05) is 0 Å². The van der Waals surface area contributed by atoms with Crippen molar-refractivity contribution in [3.63, 3.8) is 0 Å². The molecule has 0 saturated carbocycles. The molecular weight excluding hydrogens is 124 g/mol. The Morgan fingerprint density at radius 3 is 3.00 bits per heavy atom. The van der Waals surface area contributed by atoms with Gasteiger partial charge in [-0.25, -0.2) is 0 Å². The summed E-state index contributed by atoms with van der Waals surface area (Å²) in [6.07, 6.45) is 6.74. The fraction of sp³-hybridized carbons (Fsp3) is 0.125. The summed E-state index contributed by atoms with van der Waals surface area (Å²) in [5, 5.41) is 4.00. The maximum absolute atomic E-state index is 4.92. The fourth-order valence-corrected chi connectivity index (χ4v) is 0.582. The van der Waals surface area contributed by atoms with E-state index in [1.54, 1.807) is 4.68 Å². The zero-order valence-electron chi connectivity index (χ0n) is 5.63. The number of hydrogen-bond donors (Lipinski definition) is 0. The van der Waals surface area contributed by atoms with Gasteiger partial charge >= 0.3 is 0 Å². The van der Waals surface area contributed by atoms with E-state index in [0.717, 1.165) is 0 Å². The van der Waals surface area contributed by atoms with Gasteiger partial charge in [-0.2, -0.15) is 5.10 Å². The number of nitrogens with zero attached hydrogens (tertiary/aromatic N) is 2. The van der Waals surface area contributed by atoms with E-state index >= 15 is 0 Å². The van der Waals surface area contributed by atoms with Crippen LogP contribution < -0.4 is 0 Å². The van der Waals surface area contributed by atoms with Gasteiger partial charge in [0.2, 0.25) is 0 Å². The quantitative estimate of drug-likeness (QED) is 0.465. The molecule has 0 unspecified atom stereocenters. The maximum atomic E-state index is 4.92. The van der Waals surface area contributed by atoms with Gasteiger partial charge in [0.25, 0.3) is 0 Å². The smallest absolute Gasteiger partial charge is 0.136 e. The molecule has 0 atom stereocenters. The number of hydrogen-bond acceptors (Lipinski definition) is 1. The van der Waals surface area contributed by atoms with Crippen LogP contribution >= 0.6 is 0 Å². The Hall–Kier alpha value is -1.67. The fourth-order valence-electron chi connectivity index (χ4n) is 0.582. The van der Waals surface area contributed by atoms with Gasteiger partial charge in [0, 0.05) is 13.2 Å². The molecule has 1 aromatic heterocycles. The SMILES string of the molecule is C#CC#Cc1ccn(C)n1. The Balaban J connectivity index is 2.89. The minimum Gasteiger partial charge on any atom is -0.275 e. The molecule has 0 aliphatic rings. The zero-order chi connectivity index (χ0) is 7.40. The Kier molecular flexibility index (Phi) is 1.78. The van der Waals surface area contributed by atoms with Crippen molar-refractivity contribution in [3.05, 3.63) is 18.0 Å². The van der Waals surface area contributed by atoms with Crippen LogP contribution in [0.5, 0.6) is 0 Å². The van der Waals surface area contributed by atoms with E-state index in [9.17, 15) is 0 Å². The van der Waals surface area contributed by atoms with Crippen LogP contribution in [0.25, 0.3) is 0 Å². The average Bonchev–Trinajstić information content (AvgIpc) is 2.31. The highest BCUT2D eigenvalue weighted by Gasteiger charge is 1.87. The highest BCUT2D eigenvalue weighted by Crippen LogP contribution is 1.88. The maximum Gasteiger partial charge on any atom is 0.136 e. The van der Waals surface area contributed by atoms with Crippen molar-refractivity contribution < 1.29 is 0 Å². The van der Waals surface area contributed by atoms with Crippen LogP contribution in [0, 0.1) is 24.2 Å². The molecule has 2 nitrogen and oxygen atoms in total. The van der Waals surface area contributed by atoms with Crippen LogP contribution in [0.15, 0.2) is 12.3 Å². The number of terminal acetylenes is 1. The van der Waals surface area contributed by atoms with Gasteiger partial charge in [-0.15, -0.1) is 6.42 Å². The molecule has 48 valence electrons. The molecule has 2 heteroatoms. The van der Waals surface area contributed by atoms with Gasteiger partial charge in [0.05, 0.1) is 0 Å². The standard InChI is InChI=1S/C8H6N2/c1-3-4-5-8-6-7-10(2)9-8/h1,6-7H,2H3. The predicted octanol–water partition coefficient (Wildman–Crippen LogP) is 0.405. The zero-order valence-corrected chi connectivity index (χ0v) is 5.63. The molecule has 0 radical (unpaired) electrons. The summed E-state index contributed by atoms with van der Waals surface area (Å²) in [7, 11) is 1.83. The minimum atomic E-state index is 0.709. The largest absolute Gasteiger partial charge is 0.275 e. The van der Waals surface area contributed by atoms with Crippen LogP contribution in [-0.2, 0) is 7.05 Å². The number of rotatable bonds is 0. The van der Waals surface area contributed by atoms with Crippen LogP contribution in [0.3, 0.4) is 0 Å². The third kappa shape index (κ3) is 1.40. The third-order valence-electron chi connectivity index (χ3n) is 0.976. The normalized spacial score (nSPS) is 7.60. The molecule has 0 spiro atoms. The lowest BCUT2D eigenvalue weighted by atomic mass is 10.4. The molecule has 0 aliphatic carbocycles. The summed E-state index contributed by atoms with van der Waals surface area (Å²) in [6, 6.07) is 1.81. The first kappa shape index (κ1) is 6.45. The third-order valence-corrected chi connectivity index (χ3v) is 0.976. The first-order chi connectivity index (χ1) is 4.83. The first-order valence-corrected chi connectivity index (χ1v) is 2.79. The Labute approximate surface area is 59.9 Å². The number of aromatic nitrogens is 2. The minimum absolute atomic E-state index is 0.709. The molecule has 1 aromatic rings. The lowest BCUT2D eigenvalue weighted by Gasteiger charge is -1.79. The molecular formula is C8H6N2. The van der Waals surface area contributed by atoms with E-state index in [4.69, 9.17) is 6.42 Å². The van der Waals surface area contributed by atoms with Crippen molar-refractivity contribution in [2.45, 2.75) is 0 Å². The van der Waals surface area contributed by atoms with Gasteiger partial charge in [-0.05, 0) is 23.8 Å². The summed E-state index contributed by atoms with van der Waals surface area (Å²) in [5.74, 6) is 7.39. The van der Waals surface area contributed by atoms with E-state index in [1.807, 2.05) is 19.3 Å². The summed E-state index contributed by atoms with van der Waals surface area (Å²) in [6.45, 7) is 0. The van der Waals surface area contributed by atoms with Gasteiger partial charge in [0.15, 0.2) is 0 Å². The van der Waals surface area contributed by atoms with Gasteiger partial charge in [-0.3, -0.25) is 4.68 Å². The van der Waals surface area contributed by atoms with Crippen LogP contribution in [-0.4, -0.2) is 9.78 Å².